The Balaban J connectivity index is 0.662. The van der Waals surface area contributed by atoms with Crippen LogP contribution in [0, 0.1) is 17.9 Å². The fourth-order valence-corrected chi connectivity index (χ4v) is 9.58. The first-order valence-electron chi connectivity index (χ1n) is 31.2. The molecule has 492 valence electrons. The molecular formula is C79H65N3O16. The maximum atomic E-state index is 13.5. The standard InChI is InChI=1S/C79H65N3O16/c1-54(58-8-4-3-5-9-58)82-75(83)63-22-38-73(39-23-63)97-79(87)65-26-34-71(35-27-65)90-46-47-92-77(85)67-49-57(53-94-93-45-7-43-89-69-30-12-56(13-31-69)52-95-98-74-40-20-62(21-41-74)60-16-28-68(81-2)29-17-60)48-66(50-67)76(84)91-44-6-42-88-70-32-24-64(25-33-70)78(86)96-72-36-18-61(19-37-72)59-14-10-55(51-80)11-15-59/h3-5,8-41,48-50,54H,6-7,42-47,52-53H2,1H3,(H,82,83). The summed E-state index contributed by atoms with van der Waals surface area (Å²) in [6.07, 6.45) is 0.768. The van der Waals surface area contributed by atoms with E-state index < -0.39 is 23.9 Å². The molecule has 1 amide bonds. The Morgan fingerprint density at radius 1 is 0.418 bits per heavy atom. The number of amides is 1. The molecule has 0 aliphatic carbocycles. The molecule has 0 aliphatic rings. The van der Waals surface area contributed by atoms with Gasteiger partial charge in [0.1, 0.15) is 55.2 Å². The molecule has 19 nitrogen and oxygen atoms in total. The zero-order chi connectivity index (χ0) is 68.3. The maximum Gasteiger partial charge on any atom is 0.343 e. The molecule has 19 heteroatoms. The van der Waals surface area contributed by atoms with Crippen molar-refractivity contribution < 1.29 is 76.7 Å². The number of ether oxygens (including phenoxy) is 7. The Morgan fingerprint density at radius 3 is 1.41 bits per heavy atom. The number of nitrogens with one attached hydrogen (secondary N) is 1. The van der Waals surface area contributed by atoms with Crippen LogP contribution in [0.15, 0.2) is 243 Å². The van der Waals surface area contributed by atoms with Crippen molar-refractivity contribution in [2.45, 2.75) is 39.0 Å². The van der Waals surface area contributed by atoms with Crippen LogP contribution >= 0.6 is 0 Å². The molecule has 1 atom stereocenters. The fourth-order valence-electron chi connectivity index (χ4n) is 9.58. The van der Waals surface area contributed by atoms with Gasteiger partial charge in [0.25, 0.3) is 5.91 Å². The number of carbonyl (C=O) groups is 5. The Morgan fingerprint density at radius 2 is 0.867 bits per heavy atom. The molecular weight excluding hydrogens is 1250 g/mol. The average Bonchev–Trinajstić information content (AvgIpc) is 1.05. The van der Waals surface area contributed by atoms with Crippen molar-refractivity contribution in [2.75, 3.05) is 39.6 Å². The largest absolute Gasteiger partial charge is 0.494 e. The molecule has 0 heterocycles. The number of nitrogens with zero attached hydrogens (tertiary/aromatic N) is 2. The second-order valence-electron chi connectivity index (χ2n) is 21.9. The predicted molar refractivity (Wildman–Crippen MR) is 362 cm³/mol. The molecule has 98 heavy (non-hydrogen) atoms. The monoisotopic (exact) mass is 1310 g/mol. The van der Waals surface area contributed by atoms with Crippen LogP contribution in [0.3, 0.4) is 0 Å². The van der Waals surface area contributed by atoms with Gasteiger partial charge in [-0.2, -0.15) is 10.1 Å². The Bertz CT molecular complexity index is 4370. The highest BCUT2D eigenvalue weighted by Gasteiger charge is 2.18. The average molecular weight is 1310 g/mol. The van der Waals surface area contributed by atoms with E-state index in [4.69, 9.17) is 64.5 Å². The van der Waals surface area contributed by atoms with E-state index in [0.717, 1.165) is 33.4 Å². The zero-order valence-electron chi connectivity index (χ0n) is 53.2. The molecule has 0 bridgehead atoms. The molecule has 0 spiro atoms. The summed E-state index contributed by atoms with van der Waals surface area (Å²) < 4.78 is 39.8. The number of rotatable bonds is 32. The Labute approximate surface area is 565 Å². The number of benzene rings is 10. The quantitative estimate of drug-likeness (QED) is 0.0103. The summed E-state index contributed by atoms with van der Waals surface area (Å²) in [5.41, 5.74) is 8.24. The van der Waals surface area contributed by atoms with Gasteiger partial charge in [0.05, 0.1) is 72.9 Å². The van der Waals surface area contributed by atoms with E-state index in [-0.39, 0.29) is 80.6 Å². The SMILES string of the molecule is [C-]#[N+]c1ccc(-c2ccc(OOCc3ccc(OCCCOOCc4cc(C(=O)OCCCOc5ccc(C(=O)Oc6ccc(-c7ccc(C#N)cc7)cc6)cc5)cc(C(=O)OCCOc5ccc(C(=O)Oc6ccc(C(=O)NC(C)c7ccccc7)cc6)cc5)c4)cc3)cc2)cc1. The van der Waals surface area contributed by atoms with Gasteiger partial charge in [0.15, 0.2) is 11.4 Å². The van der Waals surface area contributed by atoms with E-state index in [1.807, 2.05) is 122 Å². The van der Waals surface area contributed by atoms with E-state index in [1.54, 1.807) is 97.1 Å². The van der Waals surface area contributed by atoms with Gasteiger partial charge in [-0.15, -0.1) is 0 Å². The van der Waals surface area contributed by atoms with Crippen LogP contribution in [0.2, 0.25) is 0 Å². The van der Waals surface area contributed by atoms with E-state index >= 15 is 0 Å². The third-order valence-electron chi connectivity index (χ3n) is 14.8. The molecule has 1 N–H and O–H groups in total. The van der Waals surface area contributed by atoms with Gasteiger partial charge in [0, 0.05) is 18.4 Å². The minimum atomic E-state index is -0.753. The molecule has 0 saturated heterocycles. The minimum Gasteiger partial charge on any atom is -0.494 e. The van der Waals surface area contributed by atoms with Gasteiger partial charge >= 0.3 is 23.9 Å². The highest BCUT2D eigenvalue weighted by Crippen LogP contribution is 2.28. The summed E-state index contributed by atoms with van der Waals surface area (Å²) in [4.78, 5) is 91.2. The highest BCUT2D eigenvalue weighted by atomic mass is 17.2. The molecule has 10 aromatic rings. The summed E-state index contributed by atoms with van der Waals surface area (Å²) in [5, 5.41) is 12.1. The van der Waals surface area contributed by atoms with Gasteiger partial charge in [-0.05, 0) is 185 Å². The van der Waals surface area contributed by atoms with Gasteiger partial charge in [-0.25, -0.2) is 33.8 Å². The van der Waals surface area contributed by atoms with Crippen molar-refractivity contribution in [3.05, 3.63) is 304 Å². The van der Waals surface area contributed by atoms with Crippen LogP contribution in [0.5, 0.6) is 34.5 Å². The van der Waals surface area contributed by atoms with E-state index in [1.165, 1.54) is 30.3 Å². The lowest BCUT2D eigenvalue weighted by Gasteiger charge is -2.14. The first-order chi connectivity index (χ1) is 47.9. The summed E-state index contributed by atoms with van der Waals surface area (Å²) in [5.74, 6) is -0.244. The summed E-state index contributed by atoms with van der Waals surface area (Å²) in [7, 11) is 0. The second-order valence-corrected chi connectivity index (χ2v) is 21.9. The van der Waals surface area contributed by atoms with E-state index in [2.05, 4.69) is 16.2 Å². The zero-order valence-corrected chi connectivity index (χ0v) is 53.2. The lowest BCUT2D eigenvalue weighted by Crippen LogP contribution is -2.26. The molecule has 0 aromatic heterocycles. The van der Waals surface area contributed by atoms with Crippen LogP contribution in [0.1, 0.15) is 99.9 Å². The van der Waals surface area contributed by atoms with Crippen LogP contribution in [-0.4, -0.2) is 69.4 Å². The smallest absolute Gasteiger partial charge is 0.343 e. The Hall–Kier alpha value is -12.4. The number of nitriles is 1. The van der Waals surface area contributed by atoms with Crippen LogP contribution < -0.4 is 33.9 Å². The first kappa shape index (κ1) is 68.5. The van der Waals surface area contributed by atoms with Crippen molar-refractivity contribution in [2.24, 2.45) is 0 Å². The summed E-state index contributed by atoms with van der Waals surface area (Å²) in [6, 6.07) is 71.2. The topological polar surface area (TPSA) is 227 Å². The molecule has 10 aromatic carbocycles. The van der Waals surface area contributed by atoms with Gasteiger partial charge in [-0.1, -0.05) is 103 Å². The number of hydrogen-bond donors (Lipinski definition) is 1. The maximum absolute atomic E-state index is 13.5. The number of hydrogen-bond acceptors (Lipinski definition) is 17. The molecule has 0 saturated carbocycles. The third-order valence-corrected chi connectivity index (χ3v) is 14.8. The van der Waals surface area contributed by atoms with Crippen molar-refractivity contribution >= 4 is 35.5 Å². The summed E-state index contributed by atoms with van der Waals surface area (Å²) >= 11 is 0. The van der Waals surface area contributed by atoms with Crippen molar-refractivity contribution in [1.82, 2.24) is 5.32 Å². The van der Waals surface area contributed by atoms with Crippen LogP contribution in [0.4, 0.5) is 5.69 Å². The normalized spacial score (nSPS) is 11.0. The predicted octanol–water partition coefficient (Wildman–Crippen LogP) is 15.7. The van der Waals surface area contributed by atoms with Gasteiger partial charge < -0.3 is 43.4 Å². The van der Waals surface area contributed by atoms with Crippen molar-refractivity contribution in [1.29, 1.82) is 5.26 Å². The lowest BCUT2D eigenvalue weighted by molar-refractivity contribution is -0.304. The molecule has 1 unspecified atom stereocenters. The third kappa shape index (κ3) is 20.6. The molecule has 0 aliphatic heterocycles. The number of esters is 4. The van der Waals surface area contributed by atoms with Gasteiger partial charge in [-0.3, -0.25) is 4.79 Å². The van der Waals surface area contributed by atoms with Crippen molar-refractivity contribution in [3.63, 3.8) is 0 Å². The van der Waals surface area contributed by atoms with Crippen molar-refractivity contribution in [3.8, 4) is 62.8 Å². The lowest BCUT2D eigenvalue weighted by atomic mass is 10.0. The molecule has 10 rings (SSSR count). The fraction of sp³-hybridized carbons (Fsp3) is 0.152. The molecule has 0 radical (unpaired) electrons. The van der Waals surface area contributed by atoms with Gasteiger partial charge in [0.2, 0.25) is 0 Å². The summed E-state index contributed by atoms with van der Waals surface area (Å²) in [6.45, 7) is 9.48. The van der Waals surface area contributed by atoms with Crippen LogP contribution in [0.25, 0.3) is 27.1 Å². The first-order valence-corrected chi connectivity index (χ1v) is 31.2. The highest BCUT2D eigenvalue weighted by molar-refractivity contribution is 5.96. The number of carbonyl (C=O) groups excluding carboxylic acids is 5. The molecule has 0 fully saturated rings. The Kier molecular flexibility index (Phi) is 24.6. The minimum absolute atomic E-state index is 0.0308. The van der Waals surface area contributed by atoms with E-state index in [9.17, 15) is 24.0 Å². The second kappa shape index (κ2) is 35.2. The van der Waals surface area contributed by atoms with E-state index in [0.29, 0.717) is 76.1 Å². The van der Waals surface area contributed by atoms with Crippen LogP contribution in [-0.2, 0) is 37.4 Å².